The van der Waals surface area contributed by atoms with Crippen molar-refractivity contribution in [3.8, 4) is 0 Å². The van der Waals surface area contributed by atoms with Crippen molar-refractivity contribution in [2.75, 3.05) is 26.2 Å². The standard InChI is InChI=1S/C29H29NO/c1-2-8-23(9-3-1)22-31-21-20-30-18-16-26(17-19-30)29-27-12-6-4-10-24(27)14-15-25-11-5-7-13-28(25)29/h1-15H,16-22H2. The molecule has 0 radical (unpaired) electrons. The van der Waals surface area contributed by atoms with Crippen molar-refractivity contribution in [2.45, 2.75) is 19.4 Å². The number of nitrogens with zero attached hydrogens (tertiary/aromatic N) is 1. The Kier molecular flexibility index (Phi) is 6.10. The third kappa shape index (κ3) is 4.56. The number of piperidine rings is 1. The highest BCUT2D eigenvalue weighted by Gasteiger charge is 2.22. The van der Waals surface area contributed by atoms with E-state index in [0.29, 0.717) is 6.61 Å². The summed E-state index contributed by atoms with van der Waals surface area (Å²) in [5, 5.41) is 0. The van der Waals surface area contributed by atoms with Crippen LogP contribution in [0.5, 0.6) is 0 Å². The van der Waals surface area contributed by atoms with Gasteiger partial charge < -0.3 is 9.64 Å². The highest BCUT2D eigenvalue weighted by molar-refractivity contribution is 5.94. The minimum absolute atomic E-state index is 0.699. The summed E-state index contributed by atoms with van der Waals surface area (Å²) < 4.78 is 5.91. The molecule has 0 bridgehead atoms. The SMILES string of the molecule is C1=Cc2ccccc2C(=C2CCN(CCOCc3ccccc3)CC2)c2ccccc21. The van der Waals surface area contributed by atoms with Gasteiger partial charge in [0.25, 0.3) is 0 Å². The lowest BCUT2D eigenvalue weighted by Gasteiger charge is -2.30. The maximum absolute atomic E-state index is 5.91. The van der Waals surface area contributed by atoms with Gasteiger partial charge in [-0.1, -0.05) is 96.6 Å². The Morgan fingerprint density at radius 3 is 1.90 bits per heavy atom. The first kappa shape index (κ1) is 20.0. The van der Waals surface area contributed by atoms with Crippen LogP contribution in [-0.4, -0.2) is 31.1 Å². The second-order valence-corrected chi connectivity index (χ2v) is 8.37. The van der Waals surface area contributed by atoms with Crippen LogP contribution < -0.4 is 0 Å². The molecule has 0 spiro atoms. The molecule has 2 nitrogen and oxygen atoms in total. The summed E-state index contributed by atoms with van der Waals surface area (Å²) in [6, 6.07) is 28.1. The zero-order valence-corrected chi connectivity index (χ0v) is 18.0. The first-order valence-electron chi connectivity index (χ1n) is 11.3. The third-order valence-electron chi connectivity index (χ3n) is 6.38. The van der Waals surface area contributed by atoms with E-state index in [9.17, 15) is 0 Å². The molecule has 1 aliphatic carbocycles. The summed E-state index contributed by atoms with van der Waals surface area (Å²) in [5.41, 5.74) is 9.67. The van der Waals surface area contributed by atoms with Gasteiger partial charge in [-0.15, -0.1) is 0 Å². The van der Waals surface area contributed by atoms with Crippen LogP contribution in [0.15, 0.2) is 84.4 Å². The fourth-order valence-electron chi connectivity index (χ4n) is 4.70. The smallest absolute Gasteiger partial charge is 0.0717 e. The Bertz CT molecular complexity index is 1030. The van der Waals surface area contributed by atoms with Crippen LogP contribution in [0.3, 0.4) is 0 Å². The van der Waals surface area contributed by atoms with Gasteiger partial charge in [-0.3, -0.25) is 0 Å². The molecule has 156 valence electrons. The van der Waals surface area contributed by atoms with Crippen LogP contribution in [0.25, 0.3) is 17.7 Å². The number of hydrogen-bond acceptors (Lipinski definition) is 2. The lowest BCUT2D eigenvalue weighted by atomic mass is 9.86. The molecule has 31 heavy (non-hydrogen) atoms. The summed E-state index contributed by atoms with van der Waals surface area (Å²) in [7, 11) is 0. The van der Waals surface area contributed by atoms with Crippen molar-refractivity contribution in [2.24, 2.45) is 0 Å². The van der Waals surface area contributed by atoms with Crippen molar-refractivity contribution in [3.05, 3.63) is 112 Å². The Morgan fingerprint density at radius 1 is 0.677 bits per heavy atom. The fourth-order valence-corrected chi connectivity index (χ4v) is 4.70. The van der Waals surface area contributed by atoms with Crippen LogP contribution in [0.2, 0.25) is 0 Å². The summed E-state index contributed by atoms with van der Waals surface area (Å²) in [5.74, 6) is 0. The van der Waals surface area contributed by atoms with Crippen LogP contribution in [0, 0.1) is 0 Å². The Hall–Kier alpha value is -2.94. The van der Waals surface area contributed by atoms with Gasteiger partial charge in [0.05, 0.1) is 13.2 Å². The third-order valence-corrected chi connectivity index (χ3v) is 6.38. The number of benzene rings is 3. The van der Waals surface area contributed by atoms with E-state index in [0.717, 1.165) is 39.1 Å². The van der Waals surface area contributed by atoms with E-state index in [1.165, 1.54) is 33.4 Å². The summed E-state index contributed by atoms with van der Waals surface area (Å²) in [6.45, 7) is 4.70. The molecule has 1 saturated heterocycles. The molecule has 1 heterocycles. The molecular weight excluding hydrogens is 378 g/mol. The van der Waals surface area contributed by atoms with E-state index in [4.69, 9.17) is 4.74 Å². The van der Waals surface area contributed by atoms with Gasteiger partial charge in [0.2, 0.25) is 0 Å². The number of ether oxygens (including phenoxy) is 1. The molecule has 1 aliphatic heterocycles. The van der Waals surface area contributed by atoms with E-state index in [-0.39, 0.29) is 0 Å². The quantitative estimate of drug-likeness (QED) is 0.361. The van der Waals surface area contributed by atoms with E-state index in [1.807, 2.05) is 6.07 Å². The van der Waals surface area contributed by atoms with Gasteiger partial charge >= 0.3 is 0 Å². The fraction of sp³-hybridized carbons (Fsp3) is 0.241. The zero-order chi connectivity index (χ0) is 20.9. The molecule has 2 heteroatoms. The zero-order valence-electron chi connectivity index (χ0n) is 18.0. The lowest BCUT2D eigenvalue weighted by molar-refractivity contribution is 0.0901. The monoisotopic (exact) mass is 407 g/mol. The summed E-state index contributed by atoms with van der Waals surface area (Å²) >= 11 is 0. The Labute approximate surface area is 185 Å². The maximum Gasteiger partial charge on any atom is 0.0717 e. The average molecular weight is 408 g/mol. The Balaban J connectivity index is 1.28. The van der Waals surface area contributed by atoms with E-state index in [1.54, 1.807) is 5.57 Å². The molecule has 1 fully saturated rings. The normalized spacial score (nSPS) is 16.0. The highest BCUT2D eigenvalue weighted by Crippen LogP contribution is 2.38. The van der Waals surface area contributed by atoms with Crippen LogP contribution in [0.1, 0.15) is 40.7 Å². The van der Waals surface area contributed by atoms with E-state index >= 15 is 0 Å². The van der Waals surface area contributed by atoms with Crippen molar-refractivity contribution >= 4 is 17.7 Å². The number of rotatable bonds is 5. The number of hydrogen-bond donors (Lipinski definition) is 0. The van der Waals surface area contributed by atoms with E-state index < -0.39 is 0 Å². The second-order valence-electron chi connectivity index (χ2n) is 8.37. The first-order chi connectivity index (χ1) is 15.4. The van der Waals surface area contributed by atoms with Gasteiger partial charge in [-0.25, -0.2) is 0 Å². The molecule has 0 N–H and O–H groups in total. The van der Waals surface area contributed by atoms with Crippen LogP contribution in [-0.2, 0) is 11.3 Å². The number of fused-ring (bicyclic) bond motifs is 2. The molecule has 3 aromatic rings. The van der Waals surface area contributed by atoms with Crippen LogP contribution >= 0.6 is 0 Å². The predicted molar refractivity (Wildman–Crippen MR) is 130 cm³/mol. The largest absolute Gasteiger partial charge is 0.375 e. The van der Waals surface area contributed by atoms with Crippen molar-refractivity contribution in [1.82, 2.24) is 4.90 Å². The minimum Gasteiger partial charge on any atom is -0.375 e. The molecule has 5 rings (SSSR count). The highest BCUT2D eigenvalue weighted by atomic mass is 16.5. The first-order valence-corrected chi connectivity index (χ1v) is 11.3. The molecule has 3 aromatic carbocycles. The summed E-state index contributed by atoms with van der Waals surface area (Å²) in [6.07, 6.45) is 6.77. The topological polar surface area (TPSA) is 12.5 Å². The molecular formula is C29H29NO. The lowest BCUT2D eigenvalue weighted by Crippen LogP contribution is -2.33. The molecule has 0 unspecified atom stereocenters. The predicted octanol–water partition coefficient (Wildman–Crippen LogP) is 6.28. The van der Waals surface area contributed by atoms with E-state index in [2.05, 4.69) is 89.8 Å². The van der Waals surface area contributed by atoms with Crippen molar-refractivity contribution in [1.29, 1.82) is 0 Å². The van der Waals surface area contributed by atoms with Gasteiger partial charge in [0, 0.05) is 19.6 Å². The molecule has 0 saturated carbocycles. The van der Waals surface area contributed by atoms with Gasteiger partial charge in [-0.05, 0) is 46.2 Å². The molecule has 2 aliphatic rings. The average Bonchev–Trinajstić information content (AvgIpc) is 3.00. The van der Waals surface area contributed by atoms with Gasteiger partial charge in [0.15, 0.2) is 0 Å². The van der Waals surface area contributed by atoms with Gasteiger partial charge in [-0.2, -0.15) is 0 Å². The second kappa shape index (κ2) is 9.47. The maximum atomic E-state index is 5.91. The van der Waals surface area contributed by atoms with Crippen LogP contribution in [0.4, 0.5) is 0 Å². The molecule has 0 aromatic heterocycles. The van der Waals surface area contributed by atoms with Gasteiger partial charge in [0.1, 0.15) is 0 Å². The van der Waals surface area contributed by atoms with Crippen molar-refractivity contribution < 1.29 is 4.74 Å². The summed E-state index contributed by atoms with van der Waals surface area (Å²) in [4.78, 5) is 2.54. The minimum atomic E-state index is 0.699. The molecule has 0 atom stereocenters. The van der Waals surface area contributed by atoms with Crippen molar-refractivity contribution in [3.63, 3.8) is 0 Å². The molecule has 0 amide bonds. The Morgan fingerprint density at radius 2 is 1.26 bits per heavy atom. The number of likely N-dealkylation sites (tertiary alicyclic amines) is 1.